The first-order chi connectivity index (χ1) is 4.70. The molecule has 3 unspecified atom stereocenters. The van der Waals surface area contributed by atoms with Crippen LogP contribution < -0.4 is 5.32 Å². The van der Waals surface area contributed by atoms with Gasteiger partial charge in [-0.1, -0.05) is 0 Å². The maximum atomic E-state index is 10.8. The van der Waals surface area contributed by atoms with Crippen molar-refractivity contribution in [2.45, 2.75) is 24.7 Å². The van der Waals surface area contributed by atoms with Gasteiger partial charge in [0.2, 0.25) is 5.91 Å². The number of nitrogens with one attached hydrogen (secondary N) is 1. The van der Waals surface area contributed by atoms with E-state index in [2.05, 4.69) is 5.32 Å². The third-order valence-corrected chi connectivity index (χ3v) is 2.35. The van der Waals surface area contributed by atoms with Crippen LogP contribution in [0.25, 0.3) is 0 Å². The lowest BCUT2D eigenvalue weighted by molar-refractivity contribution is -0.131. The SMILES string of the molecule is O=C1N[C@@H]2CC1C(O)C2O. The number of carbonyl (C=O) groups excluding carboxylic acids is 1. The Morgan fingerprint density at radius 3 is 2.50 bits per heavy atom. The predicted octanol–water partition coefficient (Wildman–Crippen LogP) is -1.77. The second-order valence-electron chi connectivity index (χ2n) is 2.94. The summed E-state index contributed by atoms with van der Waals surface area (Å²) < 4.78 is 0. The highest BCUT2D eigenvalue weighted by atomic mass is 16.3. The molecule has 1 saturated heterocycles. The van der Waals surface area contributed by atoms with Crippen molar-refractivity contribution in [3.05, 3.63) is 0 Å². The molecule has 1 aliphatic carbocycles. The number of amides is 1. The average molecular weight is 143 g/mol. The molecule has 0 spiro atoms. The molecule has 4 atom stereocenters. The van der Waals surface area contributed by atoms with Crippen molar-refractivity contribution in [3.8, 4) is 0 Å². The minimum absolute atomic E-state index is 0.122. The van der Waals surface area contributed by atoms with Gasteiger partial charge in [-0.15, -0.1) is 0 Å². The smallest absolute Gasteiger partial charge is 0.226 e. The summed E-state index contributed by atoms with van der Waals surface area (Å²) in [5, 5.41) is 20.9. The van der Waals surface area contributed by atoms with Gasteiger partial charge in [-0.05, 0) is 6.42 Å². The fourth-order valence-electron chi connectivity index (χ4n) is 1.72. The zero-order valence-electron chi connectivity index (χ0n) is 5.32. The molecule has 0 radical (unpaired) electrons. The standard InChI is InChI=1S/C6H9NO3/c8-4-2-1-3(5(4)9)7-6(2)10/h2-5,8-9H,1H2,(H,7,10)/t2?,3-,4?,5?/m1/s1. The Morgan fingerprint density at radius 1 is 1.40 bits per heavy atom. The first-order valence-corrected chi connectivity index (χ1v) is 3.36. The molecule has 56 valence electrons. The van der Waals surface area contributed by atoms with Crippen LogP contribution in [0.4, 0.5) is 0 Å². The van der Waals surface area contributed by atoms with Gasteiger partial charge in [0, 0.05) is 0 Å². The number of fused-ring (bicyclic) bond motifs is 2. The number of piperidine rings is 1. The van der Waals surface area contributed by atoms with E-state index >= 15 is 0 Å². The molecular formula is C6H9NO3. The second-order valence-corrected chi connectivity index (χ2v) is 2.94. The highest BCUT2D eigenvalue weighted by Gasteiger charge is 2.51. The minimum atomic E-state index is -0.834. The largest absolute Gasteiger partial charge is 0.390 e. The zero-order chi connectivity index (χ0) is 7.30. The molecular weight excluding hydrogens is 134 g/mol. The molecule has 1 aliphatic heterocycles. The van der Waals surface area contributed by atoms with Crippen LogP contribution in [0.3, 0.4) is 0 Å². The van der Waals surface area contributed by atoms with Crippen LogP contribution in [0.5, 0.6) is 0 Å². The van der Waals surface area contributed by atoms with Gasteiger partial charge in [0.25, 0.3) is 0 Å². The summed E-state index contributed by atoms with van der Waals surface area (Å²) in [6, 6.07) is -0.201. The summed E-state index contributed by atoms with van der Waals surface area (Å²) in [7, 11) is 0. The maximum Gasteiger partial charge on any atom is 0.226 e. The lowest BCUT2D eigenvalue weighted by atomic mass is 10.1. The summed E-state index contributed by atoms with van der Waals surface area (Å²) in [5.74, 6) is -0.484. The quantitative estimate of drug-likeness (QED) is 0.375. The maximum absolute atomic E-state index is 10.8. The lowest BCUT2D eigenvalue weighted by Gasteiger charge is -2.22. The molecule has 1 heterocycles. The van der Waals surface area contributed by atoms with Crippen molar-refractivity contribution in [3.63, 3.8) is 0 Å². The topological polar surface area (TPSA) is 69.6 Å². The summed E-state index contributed by atoms with van der Waals surface area (Å²) in [6.07, 6.45) is -0.998. The average Bonchev–Trinajstić information content (AvgIpc) is 2.36. The number of hydrogen-bond acceptors (Lipinski definition) is 3. The van der Waals surface area contributed by atoms with Crippen LogP contribution in [-0.4, -0.2) is 34.4 Å². The third-order valence-electron chi connectivity index (χ3n) is 2.35. The van der Waals surface area contributed by atoms with Gasteiger partial charge in [-0.2, -0.15) is 0 Å². The highest BCUT2D eigenvalue weighted by molar-refractivity contribution is 5.83. The number of rotatable bonds is 0. The second kappa shape index (κ2) is 1.71. The molecule has 3 N–H and O–H groups in total. The molecule has 2 aliphatic rings. The lowest BCUT2D eigenvalue weighted by Crippen LogP contribution is -2.48. The van der Waals surface area contributed by atoms with E-state index in [-0.39, 0.29) is 17.9 Å². The van der Waals surface area contributed by atoms with Crippen molar-refractivity contribution < 1.29 is 15.0 Å². The third kappa shape index (κ3) is 0.552. The number of hydrogen-bond donors (Lipinski definition) is 3. The van der Waals surface area contributed by atoms with E-state index in [4.69, 9.17) is 10.2 Å². The molecule has 2 fully saturated rings. The van der Waals surface area contributed by atoms with Gasteiger partial charge in [0.05, 0.1) is 18.1 Å². The number of carbonyl (C=O) groups is 1. The van der Waals surface area contributed by atoms with Crippen LogP contribution in [0.1, 0.15) is 6.42 Å². The summed E-state index contributed by atoms with van der Waals surface area (Å²) in [4.78, 5) is 10.8. The molecule has 4 nitrogen and oxygen atoms in total. The number of aliphatic hydroxyl groups excluding tert-OH is 2. The molecule has 1 saturated carbocycles. The summed E-state index contributed by atoms with van der Waals surface area (Å²) in [6.45, 7) is 0. The molecule has 4 heteroatoms. The van der Waals surface area contributed by atoms with Crippen molar-refractivity contribution in [1.82, 2.24) is 5.32 Å². The van der Waals surface area contributed by atoms with Crippen molar-refractivity contribution in [2.75, 3.05) is 0 Å². The Bertz CT molecular complexity index is 180. The molecule has 0 aromatic carbocycles. The summed E-state index contributed by atoms with van der Waals surface area (Å²) in [5.41, 5.74) is 0. The van der Waals surface area contributed by atoms with E-state index < -0.39 is 12.2 Å². The molecule has 2 bridgehead atoms. The van der Waals surface area contributed by atoms with Gasteiger partial charge >= 0.3 is 0 Å². The minimum Gasteiger partial charge on any atom is -0.390 e. The van der Waals surface area contributed by atoms with Crippen LogP contribution >= 0.6 is 0 Å². The first-order valence-electron chi connectivity index (χ1n) is 3.36. The molecule has 1 amide bonds. The monoisotopic (exact) mass is 143 g/mol. The van der Waals surface area contributed by atoms with Crippen molar-refractivity contribution >= 4 is 5.91 Å². The van der Waals surface area contributed by atoms with E-state index in [9.17, 15) is 4.79 Å². The first kappa shape index (κ1) is 6.12. The van der Waals surface area contributed by atoms with E-state index in [0.717, 1.165) is 0 Å². The predicted molar refractivity (Wildman–Crippen MR) is 32.1 cm³/mol. The fraction of sp³-hybridized carbons (Fsp3) is 0.833. The van der Waals surface area contributed by atoms with Gasteiger partial charge in [0.1, 0.15) is 6.10 Å². The van der Waals surface area contributed by atoms with E-state index in [0.29, 0.717) is 6.42 Å². The van der Waals surface area contributed by atoms with E-state index in [1.54, 1.807) is 0 Å². The fourth-order valence-corrected chi connectivity index (χ4v) is 1.72. The normalized spacial score (nSPS) is 51.6. The van der Waals surface area contributed by atoms with Gasteiger partial charge in [0.15, 0.2) is 0 Å². The Hall–Kier alpha value is -0.610. The van der Waals surface area contributed by atoms with Crippen molar-refractivity contribution in [2.24, 2.45) is 5.92 Å². The van der Waals surface area contributed by atoms with Crippen LogP contribution in [0.15, 0.2) is 0 Å². The molecule has 0 aromatic heterocycles. The number of aliphatic hydroxyl groups is 2. The van der Waals surface area contributed by atoms with Gasteiger partial charge in [-0.3, -0.25) is 4.79 Å². The van der Waals surface area contributed by atoms with Crippen LogP contribution in [-0.2, 0) is 4.79 Å². The Labute approximate surface area is 57.9 Å². The van der Waals surface area contributed by atoms with Gasteiger partial charge < -0.3 is 15.5 Å². The van der Waals surface area contributed by atoms with Crippen LogP contribution in [0, 0.1) is 5.92 Å². The molecule has 2 rings (SSSR count). The van der Waals surface area contributed by atoms with E-state index in [1.807, 2.05) is 0 Å². The highest BCUT2D eigenvalue weighted by Crippen LogP contribution is 2.32. The Kier molecular flexibility index (Phi) is 1.04. The zero-order valence-corrected chi connectivity index (χ0v) is 5.32. The van der Waals surface area contributed by atoms with E-state index in [1.165, 1.54) is 0 Å². The van der Waals surface area contributed by atoms with Gasteiger partial charge in [-0.25, -0.2) is 0 Å². The summed E-state index contributed by atoms with van der Waals surface area (Å²) >= 11 is 0. The van der Waals surface area contributed by atoms with Crippen LogP contribution in [0.2, 0.25) is 0 Å². The van der Waals surface area contributed by atoms with Crippen molar-refractivity contribution in [1.29, 1.82) is 0 Å². The molecule has 0 aromatic rings. The Morgan fingerprint density at radius 2 is 2.10 bits per heavy atom. The molecule has 10 heavy (non-hydrogen) atoms. The Balaban J connectivity index is 2.24.